The lowest BCUT2D eigenvalue weighted by Gasteiger charge is -2.23. The lowest BCUT2D eigenvalue weighted by molar-refractivity contribution is -0.134. The molecular formula is C23H29FO8. The first-order valence-electron chi connectivity index (χ1n) is 10.0. The molecule has 1 aromatic rings. The normalized spacial score (nSPS) is 24.1. The molecule has 2 unspecified atom stereocenters. The zero-order valence-electron chi connectivity index (χ0n) is 18.9. The summed E-state index contributed by atoms with van der Waals surface area (Å²) in [7, 11) is 5.68. The SMILES string of the molecule is COCOc1cc(OC)cc2c1C(=O)OC(C)C/C=C(/F)C(=O)C(OC)[C@@H](OC)CC=C2. The topological polar surface area (TPSA) is 89.5 Å². The van der Waals surface area contributed by atoms with Gasteiger partial charge in [0.1, 0.15) is 29.3 Å². The van der Waals surface area contributed by atoms with Gasteiger partial charge >= 0.3 is 5.97 Å². The van der Waals surface area contributed by atoms with Crippen molar-refractivity contribution in [2.24, 2.45) is 0 Å². The average Bonchev–Trinajstić information content (AvgIpc) is 2.79. The number of benzene rings is 1. The number of methoxy groups -OCH3 is 4. The third-order valence-electron chi connectivity index (χ3n) is 4.87. The van der Waals surface area contributed by atoms with Crippen molar-refractivity contribution in [3.05, 3.63) is 41.2 Å². The van der Waals surface area contributed by atoms with Crippen LogP contribution in [0.4, 0.5) is 4.39 Å². The fourth-order valence-corrected chi connectivity index (χ4v) is 3.21. The van der Waals surface area contributed by atoms with E-state index < -0.39 is 35.9 Å². The molecule has 0 aliphatic carbocycles. The van der Waals surface area contributed by atoms with Gasteiger partial charge in [-0.15, -0.1) is 0 Å². The molecule has 0 radical (unpaired) electrons. The van der Waals surface area contributed by atoms with Crippen molar-refractivity contribution in [1.82, 2.24) is 0 Å². The molecule has 0 spiro atoms. The highest BCUT2D eigenvalue weighted by Gasteiger charge is 2.31. The van der Waals surface area contributed by atoms with E-state index in [1.807, 2.05) is 0 Å². The molecule has 0 bridgehead atoms. The van der Waals surface area contributed by atoms with E-state index in [-0.39, 0.29) is 30.9 Å². The Hall–Kier alpha value is -2.75. The van der Waals surface area contributed by atoms with Crippen LogP contribution in [0.1, 0.15) is 35.7 Å². The molecule has 32 heavy (non-hydrogen) atoms. The first-order chi connectivity index (χ1) is 15.4. The largest absolute Gasteiger partial charge is 0.497 e. The number of cyclic esters (lactones) is 1. The summed E-state index contributed by atoms with van der Waals surface area (Å²) in [4.78, 5) is 25.5. The summed E-state index contributed by atoms with van der Waals surface area (Å²) in [5, 5.41) is 0. The van der Waals surface area contributed by atoms with Crippen molar-refractivity contribution >= 4 is 17.8 Å². The summed E-state index contributed by atoms with van der Waals surface area (Å²) in [6.45, 7) is 1.50. The second-order valence-electron chi connectivity index (χ2n) is 7.08. The fraction of sp³-hybridized carbons (Fsp3) is 0.478. The average molecular weight is 452 g/mol. The summed E-state index contributed by atoms with van der Waals surface area (Å²) in [5.41, 5.74) is 0.641. The zero-order valence-corrected chi connectivity index (χ0v) is 18.9. The molecule has 1 aliphatic heterocycles. The molecule has 0 amide bonds. The van der Waals surface area contributed by atoms with E-state index in [2.05, 4.69) is 0 Å². The number of halogens is 1. The van der Waals surface area contributed by atoms with Crippen LogP contribution in [0.25, 0.3) is 6.08 Å². The second kappa shape index (κ2) is 12.3. The molecule has 1 aliphatic rings. The highest BCUT2D eigenvalue weighted by atomic mass is 19.1. The quantitative estimate of drug-likeness (QED) is 0.479. The van der Waals surface area contributed by atoms with Gasteiger partial charge in [0.05, 0.1) is 13.2 Å². The molecule has 9 heteroatoms. The van der Waals surface area contributed by atoms with Crippen LogP contribution in [0.15, 0.2) is 30.1 Å². The molecule has 0 N–H and O–H groups in total. The van der Waals surface area contributed by atoms with Crippen LogP contribution in [0.3, 0.4) is 0 Å². The fourth-order valence-electron chi connectivity index (χ4n) is 3.21. The highest BCUT2D eigenvalue weighted by Crippen LogP contribution is 2.32. The molecule has 0 saturated heterocycles. The smallest absolute Gasteiger partial charge is 0.342 e. The standard InChI is InChI=1S/C23H29FO8/c1-14-9-10-17(24)21(25)22(30-5)18(29-4)8-6-7-15-11-16(28-3)12-19(31-13-27-2)20(15)23(26)32-14/h6-7,10-12,14,18,22H,8-9,13H2,1-5H3/b7-6?,17-10+/t14?,18-,22?/m0/s1. The van der Waals surface area contributed by atoms with Crippen molar-refractivity contribution in [2.75, 3.05) is 35.2 Å². The lowest BCUT2D eigenvalue weighted by atomic mass is 10.0. The van der Waals surface area contributed by atoms with Crippen molar-refractivity contribution in [3.8, 4) is 11.5 Å². The number of esters is 1. The maximum absolute atomic E-state index is 14.5. The van der Waals surface area contributed by atoms with E-state index in [1.54, 1.807) is 31.2 Å². The molecule has 2 rings (SSSR count). The number of rotatable bonds is 6. The number of carbonyl (C=O) groups is 2. The van der Waals surface area contributed by atoms with E-state index >= 15 is 0 Å². The number of ketones is 1. The van der Waals surface area contributed by atoms with Gasteiger partial charge in [0, 0.05) is 33.8 Å². The molecule has 0 fully saturated rings. The summed E-state index contributed by atoms with van der Waals surface area (Å²) >= 11 is 0. The Morgan fingerprint density at radius 3 is 2.47 bits per heavy atom. The number of hydrogen-bond acceptors (Lipinski definition) is 8. The van der Waals surface area contributed by atoms with Crippen LogP contribution in [0.2, 0.25) is 0 Å². The predicted molar refractivity (Wildman–Crippen MR) is 114 cm³/mol. The van der Waals surface area contributed by atoms with Gasteiger partial charge in [-0.1, -0.05) is 12.2 Å². The number of ether oxygens (including phenoxy) is 6. The Balaban J connectivity index is 2.58. The minimum Gasteiger partial charge on any atom is -0.497 e. The van der Waals surface area contributed by atoms with Crippen molar-refractivity contribution < 1.29 is 42.4 Å². The zero-order chi connectivity index (χ0) is 23.7. The Morgan fingerprint density at radius 2 is 1.84 bits per heavy atom. The molecule has 0 aromatic heterocycles. The monoisotopic (exact) mass is 452 g/mol. The van der Waals surface area contributed by atoms with E-state index in [0.717, 1.165) is 6.08 Å². The number of hydrogen-bond donors (Lipinski definition) is 0. The predicted octanol–water partition coefficient (Wildman–Crippen LogP) is 3.48. The summed E-state index contributed by atoms with van der Waals surface area (Å²) in [6, 6.07) is 3.21. The Bertz CT molecular complexity index is 864. The van der Waals surface area contributed by atoms with Gasteiger partial charge < -0.3 is 28.4 Å². The van der Waals surface area contributed by atoms with Gasteiger partial charge in [0.15, 0.2) is 12.6 Å². The van der Waals surface area contributed by atoms with Gasteiger partial charge in [-0.3, -0.25) is 4.79 Å². The van der Waals surface area contributed by atoms with Gasteiger partial charge in [-0.25, -0.2) is 9.18 Å². The molecule has 8 nitrogen and oxygen atoms in total. The molecule has 0 saturated carbocycles. The van der Waals surface area contributed by atoms with Crippen molar-refractivity contribution in [3.63, 3.8) is 0 Å². The lowest BCUT2D eigenvalue weighted by Crippen LogP contribution is -2.37. The molecule has 3 atom stereocenters. The highest BCUT2D eigenvalue weighted by molar-refractivity contribution is 5.98. The van der Waals surface area contributed by atoms with Crippen LogP contribution in [0, 0.1) is 0 Å². The van der Waals surface area contributed by atoms with Crippen LogP contribution in [-0.2, 0) is 23.7 Å². The minimum absolute atomic E-state index is 0.00696. The van der Waals surface area contributed by atoms with Gasteiger partial charge in [0.25, 0.3) is 0 Å². The third kappa shape index (κ3) is 6.38. The van der Waals surface area contributed by atoms with E-state index in [1.165, 1.54) is 28.4 Å². The molecule has 1 aromatic carbocycles. The van der Waals surface area contributed by atoms with Crippen molar-refractivity contribution in [1.29, 1.82) is 0 Å². The van der Waals surface area contributed by atoms with Crippen LogP contribution < -0.4 is 9.47 Å². The van der Waals surface area contributed by atoms with E-state index in [9.17, 15) is 14.0 Å². The number of fused-ring (bicyclic) bond motifs is 1. The van der Waals surface area contributed by atoms with E-state index in [4.69, 9.17) is 28.4 Å². The van der Waals surface area contributed by atoms with E-state index in [0.29, 0.717) is 11.3 Å². The number of Topliss-reactive ketones (excluding diaryl/α,β-unsaturated/α-hetero) is 1. The van der Waals surface area contributed by atoms with Gasteiger partial charge in [-0.2, -0.15) is 0 Å². The van der Waals surface area contributed by atoms with Crippen LogP contribution >= 0.6 is 0 Å². The summed E-state index contributed by atoms with van der Waals surface area (Å²) in [5.74, 6) is -1.80. The maximum Gasteiger partial charge on any atom is 0.342 e. The van der Waals surface area contributed by atoms with Crippen molar-refractivity contribution in [2.45, 2.75) is 38.1 Å². The third-order valence-corrected chi connectivity index (χ3v) is 4.87. The molecule has 176 valence electrons. The first-order valence-corrected chi connectivity index (χ1v) is 10.0. The van der Waals surface area contributed by atoms with Crippen LogP contribution in [-0.4, -0.2) is 65.3 Å². The van der Waals surface area contributed by atoms with Gasteiger partial charge in [0.2, 0.25) is 5.78 Å². The number of carbonyl (C=O) groups excluding carboxylic acids is 2. The Kier molecular flexibility index (Phi) is 9.83. The second-order valence-corrected chi connectivity index (χ2v) is 7.08. The minimum atomic E-state index is -1.13. The summed E-state index contributed by atoms with van der Waals surface area (Å²) < 4.78 is 46.4. The summed E-state index contributed by atoms with van der Waals surface area (Å²) in [6.07, 6.45) is 2.05. The molecular weight excluding hydrogens is 423 g/mol. The Labute approximate surface area is 186 Å². The Morgan fingerprint density at radius 1 is 1.09 bits per heavy atom. The maximum atomic E-state index is 14.5. The first kappa shape index (κ1) is 25.5. The van der Waals surface area contributed by atoms with Crippen LogP contribution in [0.5, 0.6) is 11.5 Å². The molecule has 1 heterocycles. The van der Waals surface area contributed by atoms with Gasteiger partial charge in [-0.05, 0) is 31.1 Å².